The number of unbranched alkanes of at least 4 members (excludes halogenated alkanes) is 2. The normalized spacial score (nSPS) is 12.7. The molecule has 1 atom stereocenters. The van der Waals surface area contributed by atoms with Crippen molar-refractivity contribution < 1.29 is 8.53 Å². The first-order valence-corrected chi connectivity index (χ1v) is 10.2. The van der Waals surface area contributed by atoms with Gasteiger partial charge in [0, 0.05) is 6.61 Å². The number of rotatable bonds is 13. The highest BCUT2D eigenvalue weighted by molar-refractivity contribution is 6.51. The molecule has 0 saturated heterocycles. The molecule has 0 aromatic heterocycles. The summed E-state index contributed by atoms with van der Waals surface area (Å²) in [6.45, 7) is 9.74. The Hall–Kier alpha value is 0.452. The van der Waals surface area contributed by atoms with E-state index in [1.54, 1.807) is 0 Å². The summed E-state index contributed by atoms with van der Waals surface area (Å²) in [7, 11) is 0. The lowest BCUT2D eigenvalue weighted by Gasteiger charge is -2.23. The standard InChI is InChI=1S/C7H15O2.2C4H9.Al/c1-3-5-7(8)9-6-4-2;2*1-3-4-2;/h7H,3-6H2,1-2H3;2*1,3-4H2,2H3;/q-1;;;+1. The minimum absolute atomic E-state index is 0.0836. The zero-order chi connectivity index (χ0) is 13.6. The van der Waals surface area contributed by atoms with Gasteiger partial charge < -0.3 is 8.53 Å². The largest absolute Gasteiger partial charge is 0.478 e. The highest BCUT2D eigenvalue weighted by Gasteiger charge is 2.23. The summed E-state index contributed by atoms with van der Waals surface area (Å²) in [6, 6.07) is 0. The summed E-state index contributed by atoms with van der Waals surface area (Å²) in [4.78, 5) is 0. The second-order valence-electron chi connectivity index (χ2n) is 5.13. The van der Waals surface area contributed by atoms with Crippen LogP contribution in [0.3, 0.4) is 0 Å². The molecule has 0 aromatic rings. The summed E-state index contributed by atoms with van der Waals surface area (Å²) < 4.78 is 12.1. The molecule has 1 unspecified atom stereocenters. The van der Waals surface area contributed by atoms with Crippen molar-refractivity contribution in [3.05, 3.63) is 0 Å². The Morgan fingerprint density at radius 3 is 1.89 bits per heavy atom. The Morgan fingerprint density at radius 1 is 0.833 bits per heavy atom. The van der Waals surface area contributed by atoms with E-state index >= 15 is 0 Å². The third-order valence-electron chi connectivity index (χ3n) is 3.14. The van der Waals surface area contributed by atoms with Crippen LogP contribution in [0, 0.1) is 0 Å². The third kappa shape index (κ3) is 10.4. The summed E-state index contributed by atoms with van der Waals surface area (Å²) in [5, 5.41) is 2.65. The number of ether oxygens (including phenoxy) is 1. The lowest BCUT2D eigenvalue weighted by molar-refractivity contribution is -0.0877. The molecule has 0 amide bonds. The molecule has 2 nitrogen and oxygen atoms in total. The first-order valence-electron chi connectivity index (χ1n) is 8.05. The highest BCUT2D eigenvalue weighted by Crippen LogP contribution is 2.16. The van der Waals surface area contributed by atoms with Gasteiger partial charge in [0.05, 0.1) is 0 Å². The molecule has 108 valence electrons. The molecule has 3 heteroatoms. The van der Waals surface area contributed by atoms with Gasteiger partial charge in [0.1, 0.15) is 6.29 Å². The first kappa shape index (κ1) is 18.5. The second kappa shape index (κ2) is 13.9. The van der Waals surface area contributed by atoms with E-state index in [0.29, 0.717) is 0 Å². The average Bonchev–Trinajstić information content (AvgIpc) is 2.39. The van der Waals surface area contributed by atoms with Crippen LogP contribution in [-0.2, 0) is 8.53 Å². The van der Waals surface area contributed by atoms with Crippen LogP contribution in [0.15, 0.2) is 0 Å². The zero-order valence-electron chi connectivity index (χ0n) is 13.0. The maximum Gasteiger partial charge on any atom is 0.462 e. The topological polar surface area (TPSA) is 18.5 Å². The van der Waals surface area contributed by atoms with Crippen molar-refractivity contribution in [3.8, 4) is 0 Å². The van der Waals surface area contributed by atoms with Gasteiger partial charge in [-0.15, -0.1) is 0 Å². The van der Waals surface area contributed by atoms with Gasteiger partial charge in [0.25, 0.3) is 0 Å². The van der Waals surface area contributed by atoms with Crippen molar-refractivity contribution in [1.29, 1.82) is 0 Å². The molecule has 0 aromatic carbocycles. The van der Waals surface area contributed by atoms with E-state index in [2.05, 4.69) is 27.7 Å². The molecule has 0 aliphatic carbocycles. The van der Waals surface area contributed by atoms with Gasteiger partial charge in [-0.1, -0.05) is 70.4 Å². The summed E-state index contributed by atoms with van der Waals surface area (Å²) in [5.41, 5.74) is 0. The van der Waals surface area contributed by atoms with Gasteiger partial charge in [-0.3, -0.25) is 0 Å². The molecule has 0 fully saturated rings. The van der Waals surface area contributed by atoms with E-state index in [1.165, 1.54) is 36.2 Å². The van der Waals surface area contributed by atoms with E-state index in [1.807, 2.05) is 0 Å². The summed E-state index contributed by atoms with van der Waals surface area (Å²) in [6.07, 6.45) is 8.60. The molecule has 0 radical (unpaired) electrons. The van der Waals surface area contributed by atoms with Gasteiger partial charge in [-0.2, -0.15) is 0 Å². The molecule has 0 heterocycles. The molecule has 0 spiro atoms. The van der Waals surface area contributed by atoms with Gasteiger partial charge in [0.15, 0.2) is 0 Å². The van der Waals surface area contributed by atoms with Gasteiger partial charge >= 0.3 is 14.5 Å². The molecule has 0 rings (SSSR count). The maximum atomic E-state index is 6.31. The molecule has 0 N–H and O–H groups in total. The second-order valence-corrected chi connectivity index (χ2v) is 7.80. The molecule has 0 bridgehead atoms. The average molecular weight is 272 g/mol. The monoisotopic (exact) mass is 272 g/mol. The van der Waals surface area contributed by atoms with Crippen molar-refractivity contribution in [3.63, 3.8) is 0 Å². The van der Waals surface area contributed by atoms with Gasteiger partial charge in [-0.05, 0) is 12.8 Å². The molecule has 18 heavy (non-hydrogen) atoms. The predicted molar refractivity (Wildman–Crippen MR) is 81.2 cm³/mol. The number of hydrogen-bond donors (Lipinski definition) is 0. The Kier molecular flexibility index (Phi) is 14.2. The predicted octanol–water partition coefficient (Wildman–Crippen LogP) is 5.15. The van der Waals surface area contributed by atoms with Gasteiger partial charge in [-0.25, -0.2) is 0 Å². The van der Waals surface area contributed by atoms with Crippen LogP contribution in [-0.4, -0.2) is 27.4 Å². The van der Waals surface area contributed by atoms with E-state index in [4.69, 9.17) is 8.53 Å². The van der Waals surface area contributed by atoms with Crippen LogP contribution in [0.4, 0.5) is 0 Å². The quantitative estimate of drug-likeness (QED) is 0.341. The van der Waals surface area contributed by atoms with Crippen LogP contribution in [0.1, 0.15) is 72.6 Å². The Bertz CT molecular complexity index is 157. The van der Waals surface area contributed by atoms with Crippen molar-refractivity contribution in [2.75, 3.05) is 6.61 Å². The van der Waals surface area contributed by atoms with E-state index in [0.717, 1.165) is 25.9 Å². The smallest absolute Gasteiger partial charge is 0.462 e. The third-order valence-corrected chi connectivity index (χ3v) is 5.93. The zero-order valence-corrected chi connectivity index (χ0v) is 14.2. The lowest BCUT2D eigenvalue weighted by atomic mass is 10.3. The fourth-order valence-corrected chi connectivity index (χ4v) is 4.97. The Labute approximate surface area is 119 Å². The fraction of sp³-hybridized carbons (Fsp3) is 1.00. The minimum atomic E-state index is -1.03. The van der Waals surface area contributed by atoms with Crippen LogP contribution in [0.5, 0.6) is 0 Å². The van der Waals surface area contributed by atoms with Crippen molar-refractivity contribution in [2.24, 2.45) is 0 Å². The van der Waals surface area contributed by atoms with Crippen molar-refractivity contribution in [2.45, 2.75) is 89.5 Å². The van der Waals surface area contributed by atoms with Crippen molar-refractivity contribution >= 4 is 14.5 Å². The van der Waals surface area contributed by atoms with Crippen LogP contribution >= 0.6 is 0 Å². The van der Waals surface area contributed by atoms with E-state index in [9.17, 15) is 0 Å². The molecule has 0 aliphatic heterocycles. The maximum absolute atomic E-state index is 6.31. The summed E-state index contributed by atoms with van der Waals surface area (Å²) >= 11 is -1.03. The molecular weight excluding hydrogens is 239 g/mol. The Morgan fingerprint density at radius 2 is 1.44 bits per heavy atom. The molecule has 0 aliphatic rings. The molecule has 0 saturated carbocycles. The minimum Gasteiger partial charge on any atom is -0.478 e. The van der Waals surface area contributed by atoms with Crippen LogP contribution in [0.25, 0.3) is 0 Å². The van der Waals surface area contributed by atoms with E-state index < -0.39 is 14.5 Å². The first-order chi connectivity index (χ1) is 8.78. The Balaban J connectivity index is 4.09. The number of hydrogen-bond acceptors (Lipinski definition) is 2. The fourth-order valence-electron chi connectivity index (χ4n) is 2.03. The van der Waals surface area contributed by atoms with E-state index in [-0.39, 0.29) is 6.29 Å². The van der Waals surface area contributed by atoms with Crippen molar-refractivity contribution in [1.82, 2.24) is 0 Å². The van der Waals surface area contributed by atoms with Crippen LogP contribution in [0.2, 0.25) is 10.6 Å². The van der Waals surface area contributed by atoms with Crippen LogP contribution < -0.4 is 0 Å². The highest BCUT2D eigenvalue weighted by atomic mass is 27.2. The lowest BCUT2D eigenvalue weighted by Crippen LogP contribution is -2.28. The molecular formula is C15H33AlO2. The summed E-state index contributed by atoms with van der Waals surface area (Å²) in [5.74, 6) is 0. The van der Waals surface area contributed by atoms with Gasteiger partial charge in [0.2, 0.25) is 0 Å². The SMILES string of the molecule is CCC[CH2][Al]([CH2]CCC)[O]C(CCC)OCCC.